The van der Waals surface area contributed by atoms with Crippen LogP contribution >= 0.6 is 0 Å². The number of anilines is 1. The lowest BCUT2D eigenvalue weighted by Crippen LogP contribution is -2.47. The fraction of sp³-hybridized carbons (Fsp3) is 0.467. The molecule has 0 bridgehead atoms. The number of carbonyl (C=O) groups excluding carboxylic acids is 1. The van der Waals surface area contributed by atoms with E-state index in [0.29, 0.717) is 19.4 Å². The van der Waals surface area contributed by atoms with Crippen LogP contribution in [-0.4, -0.2) is 12.5 Å². The van der Waals surface area contributed by atoms with Gasteiger partial charge in [0.2, 0.25) is 5.91 Å². The van der Waals surface area contributed by atoms with Gasteiger partial charge in [0.05, 0.1) is 6.07 Å². The molecular weight excluding hydrogens is 224 g/mol. The average molecular weight is 242 g/mol. The normalized spacial score (nSPS) is 16.5. The lowest BCUT2D eigenvalue weighted by atomic mass is 9.69. The Morgan fingerprint density at radius 1 is 1.50 bits per heavy atom. The number of benzene rings is 1. The van der Waals surface area contributed by atoms with Crippen LogP contribution in [0.5, 0.6) is 0 Å². The van der Waals surface area contributed by atoms with Gasteiger partial charge in [-0.1, -0.05) is 12.1 Å². The number of amides is 1. The first-order chi connectivity index (χ1) is 8.63. The molecule has 1 aromatic rings. The van der Waals surface area contributed by atoms with E-state index in [1.807, 2.05) is 38.1 Å². The predicted molar refractivity (Wildman–Crippen MR) is 71.1 cm³/mol. The van der Waals surface area contributed by atoms with Crippen molar-refractivity contribution in [2.45, 2.75) is 33.1 Å². The highest BCUT2D eigenvalue weighted by Gasteiger charge is 2.46. The highest BCUT2D eigenvalue weighted by atomic mass is 16.2. The number of hydrogen-bond acceptors (Lipinski definition) is 2. The maximum Gasteiger partial charge on any atom is 0.247 e. The number of carbonyl (C=O) groups is 1. The zero-order valence-electron chi connectivity index (χ0n) is 10.9. The topological polar surface area (TPSA) is 44.1 Å². The summed E-state index contributed by atoms with van der Waals surface area (Å²) in [5, 5.41) is 9.26. The van der Waals surface area contributed by atoms with Crippen LogP contribution in [0.2, 0.25) is 0 Å². The third-order valence-electron chi connectivity index (χ3n) is 3.71. The zero-order chi connectivity index (χ0) is 13.2. The molecule has 3 heteroatoms. The Bertz CT molecular complexity index is 497. The van der Waals surface area contributed by atoms with E-state index in [9.17, 15) is 10.1 Å². The van der Waals surface area contributed by atoms with Gasteiger partial charge in [0, 0.05) is 12.2 Å². The van der Waals surface area contributed by atoms with E-state index in [1.165, 1.54) is 0 Å². The Hall–Kier alpha value is -1.82. The third-order valence-corrected chi connectivity index (χ3v) is 3.71. The van der Waals surface area contributed by atoms with Crippen LogP contribution in [0.3, 0.4) is 0 Å². The van der Waals surface area contributed by atoms with Crippen molar-refractivity contribution >= 4 is 11.6 Å². The number of aryl methyl sites for hydroxylation is 1. The van der Waals surface area contributed by atoms with E-state index >= 15 is 0 Å². The first kappa shape index (κ1) is 12.6. The SMILES string of the molecule is CCN(C(=O)C1(C#N)CCC1)c1cccc(C)c1. The lowest BCUT2D eigenvalue weighted by molar-refractivity contribution is -0.128. The van der Waals surface area contributed by atoms with Gasteiger partial charge >= 0.3 is 0 Å². The van der Waals surface area contributed by atoms with Crippen molar-refractivity contribution in [3.63, 3.8) is 0 Å². The molecule has 1 aliphatic carbocycles. The van der Waals surface area contributed by atoms with Crippen molar-refractivity contribution in [1.82, 2.24) is 0 Å². The van der Waals surface area contributed by atoms with Crippen LogP contribution < -0.4 is 4.90 Å². The van der Waals surface area contributed by atoms with E-state index < -0.39 is 5.41 Å². The molecule has 0 spiro atoms. The molecular formula is C15H18N2O. The second-order valence-electron chi connectivity index (χ2n) is 4.94. The quantitative estimate of drug-likeness (QED) is 0.817. The summed E-state index contributed by atoms with van der Waals surface area (Å²) >= 11 is 0. The summed E-state index contributed by atoms with van der Waals surface area (Å²) in [5.74, 6) is -0.0376. The second kappa shape index (κ2) is 4.81. The van der Waals surface area contributed by atoms with Crippen LogP contribution in [0.4, 0.5) is 5.69 Å². The van der Waals surface area contributed by atoms with Crippen molar-refractivity contribution in [3.8, 4) is 6.07 Å². The Balaban J connectivity index is 2.29. The van der Waals surface area contributed by atoms with Gasteiger partial charge in [0.25, 0.3) is 0 Å². The van der Waals surface area contributed by atoms with Crippen molar-refractivity contribution in [2.24, 2.45) is 5.41 Å². The van der Waals surface area contributed by atoms with Gasteiger partial charge in [-0.25, -0.2) is 0 Å². The molecule has 1 fully saturated rings. The lowest BCUT2D eigenvalue weighted by Gasteiger charge is -2.37. The molecule has 0 unspecified atom stereocenters. The van der Waals surface area contributed by atoms with E-state index in [0.717, 1.165) is 17.7 Å². The minimum Gasteiger partial charge on any atom is -0.311 e. The predicted octanol–water partition coefficient (Wildman–Crippen LogP) is 3.04. The summed E-state index contributed by atoms with van der Waals surface area (Å²) < 4.78 is 0. The third kappa shape index (κ3) is 1.99. The Morgan fingerprint density at radius 3 is 2.67 bits per heavy atom. The van der Waals surface area contributed by atoms with Gasteiger partial charge in [-0.2, -0.15) is 5.26 Å². The summed E-state index contributed by atoms with van der Waals surface area (Å²) in [5.41, 5.74) is 1.25. The Morgan fingerprint density at radius 2 is 2.22 bits per heavy atom. The molecule has 3 nitrogen and oxygen atoms in total. The van der Waals surface area contributed by atoms with Crippen LogP contribution in [0.25, 0.3) is 0 Å². The standard InChI is InChI=1S/C15H18N2O/c1-3-17(13-7-4-6-12(2)10-13)14(18)15(11-16)8-5-9-15/h4,6-7,10H,3,5,8-9H2,1-2H3. The van der Waals surface area contributed by atoms with Crippen molar-refractivity contribution in [1.29, 1.82) is 5.26 Å². The van der Waals surface area contributed by atoms with Crippen LogP contribution in [0.15, 0.2) is 24.3 Å². The van der Waals surface area contributed by atoms with Gasteiger partial charge in [0.1, 0.15) is 5.41 Å². The largest absolute Gasteiger partial charge is 0.311 e. The molecule has 1 saturated carbocycles. The second-order valence-corrected chi connectivity index (χ2v) is 4.94. The van der Waals surface area contributed by atoms with Crippen LogP contribution in [-0.2, 0) is 4.79 Å². The summed E-state index contributed by atoms with van der Waals surface area (Å²) in [7, 11) is 0. The highest BCUT2D eigenvalue weighted by molar-refractivity contribution is 6.00. The molecule has 0 radical (unpaired) electrons. The van der Waals surface area contributed by atoms with E-state index in [1.54, 1.807) is 4.90 Å². The molecule has 1 aliphatic rings. The summed E-state index contributed by atoms with van der Waals surface area (Å²) in [4.78, 5) is 14.3. The molecule has 0 saturated heterocycles. The van der Waals surface area contributed by atoms with E-state index in [-0.39, 0.29) is 5.91 Å². The first-order valence-electron chi connectivity index (χ1n) is 6.43. The molecule has 0 heterocycles. The molecule has 94 valence electrons. The zero-order valence-corrected chi connectivity index (χ0v) is 10.9. The monoisotopic (exact) mass is 242 g/mol. The first-order valence-corrected chi connectivity index (χ1v) is 6.43. The molecule has 0 atom stereocenters. The maximum atomic E-state index is 12.5. The molecule has 1 aromatic carbocycles. The minimum absolute atomic E-state index is 0.0376. The van der Waals surface area contributed by atoms with E-state index in [2.05, 4.69) is 6.07 Å². The van der Waals surface area contributed by atoms with Crippen LogP contribution in [0.1, 0.15) is 31.7 Å². The van der Waals surface area contributed by atoms with Gasteiger partial charge in [0.15, 0.2) is 0 Å². The number of hydrogen-bond donors (Lipinski definition) is 0. The summed E-state index contributed by atoms with van der Waals surface area (Å²) in [6.07, 6.45) is 2.37. The number of rotatable bonds is 3. The van der Waals surface area contributed by atoms with Gasteiger partial charge in [-0.15, -0.1) is 0 Å². The van der Waals surface area contributed by atoms with Crippen molar-refractivity contribution in [3.05, 3.63) is 29.8 Å². The fourth-order valence-electron chi connectivity index (χ4n) is 2.40. The maximum absolute atomic E-state index is 12.5. The summed E-state index contributed by atoms with van der Waals surface area (Å²) in [6.45, 7) is 4.56. The number of nitriles is 1. The molecule has 0 aliphatic heterocycles. The Labute approximate surface area is 108 Å². The average Bonchev–Trinajstić information content (AvgIpc) is 2.29. The number of nitrogens with zero attached hydrogens (tertiary/aromatic N) is 2. The van der Waals surface area contributed by atoms with Crippen molar-refractivity contribution < 1.29 is 4.79 Å². The van der Waals surface area contributed by atoms with Gasteiger partial charge in [-0.3, -0.25) is 4.79 Å². The minimum atomic E-state index is -0.764. The van der Waals surface area contributed by atoms with Gasteiger partial charge in [-0.05, 0) is 50.8 Å². The van der Waals surface area contributed by atoms with Crippen molar-refractivity contribution in [2.75, 3.05) is 11.4 Å². The smallest absolute Gasteiger partial charge is 0.247 e. The van der Waals surface area contributed by atoms with Gasteiger partial charge < -0.3 is 4.90 Å². The molecule has 0 aromatic heterocycles. The molecule has 18 heavy (non-hydrogen) atoms. The molecule has 0 N–H and O–H groups in total. The Kier molecular flexibility index (Phi) is 3.38. The van der Waals surface area contributed by atoms with Crippen LogP contribution in [0, 0.1) is 23.7 Å². The summed E-state index contributed by atoms with van der Waals surface area (Å²) in [6, 6.07) is 10.1. The highest BCUT2D eigenvalue weighted by Crippen LogP contribution is 2.42. The van der Waals surface area contributed by atoms with E-state index in [4.69, 9.17) is 0 Å². The fourth-order valence-corrected chi connectivity index (χ4v) is 2.40. The molecule has 1 amide bonds. The molecule has 2 rings (SSSR count).